The van der Waals surface area contributed by atoms with E-state index >= 15 is 4.79 Å². The number of hydrogen-bond donors (Lipinski definition) is 16. The lowest BCUT2D eigenvalue weighted by Crippen LogP contribution is -2.64. The number of aliphatic hydroxyl groups excluding tert-OH is 4. The molecule has 0 aliphatic carbocycles. The molecule has 2 rings (SSSR count). The molecule has 1 fully saturated rings. The summed E-state index contributed by atoms with van der Waals surface area (Å²) in [6, 6.07) is -5.82. The minimum Gasteiger partial charge on any atom is -0.454 e. The Kier molecular flexibility index (Phi) is 33.2. The Hall–Kier alpha value is -7.67. The molecule has 30 nitrogen and oxygen atoms in total. The summed E-state index contributed by atoms with van der Waals surface area (Å²) in [5.41, 5.74) is 22.7. The summed E-state index contributed by atoms with van der Waals surface area (Å²) >= 11 is 0. The Morgan fingerprint density at radius 1 is 0.689 bits per heavy atom. The number of esters is 1. The fraction of sp³-hybridized carbons (Fsp3) is 0.683. The summed E-state index contributed by atoms with van der Waals surface area (Å²) in [5.74, 6) is -20.0. The summed E-state index contributed by atoms with van der Waals surface area (Å²) < 4.78 is 6.00. The van der Waals surface area contributed by atoms with Gasteiger partial charge in [-0.05, 0) is 74.2 Å². The first-order valence-electron chi connectivity index (χ1n) is 30.5. The van der Waals surface area contributed by atoms with Gasteiger partial charge in [0, 0.05) is 19.4 Å². The summed E-state index contributed by atoms with van der Waals surface area (Å²) in [6.07, 6.45) is -9.80. The maximum atomic E-state index is 15.4. The molecule has 1 saturated heterocycles. The molecule has 0 radical (unpaired) electrons. The smallest absolute Gasteiger partial charge is 0.312 e. The van der Waals surface area contributed by atoms with Crippen LogP contribution in [0.1, 0.15) is 139 Å². The minimum absolute atomic E-state index is 0.0316. The molecule has 1 aromatic carbocycles. The van der Waals surface area contributed by atoms with Crippen LogP contribution in [0.5, 0.6) is 0 Å². The number of benzene rings is 1. The van der Waals surface area contributed by atoms with E-state index in [9.17, 15) is 73.2 Å². The number of carbonyl (C=O) groups is 12. The number of hydrogen-bond acceptors (Lipinski definition) is 19. The van der Waals surface area contributed by atoms with Crippen LogP contribution >= 0.6 is 0 Å². The van der Waals surface area contributed by atoms with Gasteiger partial charge in [0.2, 0.25) is 53.2 Å². The van der Waals surface area contributed by atoms with E-state index in [4.69, 9.17) is 27.7 Å². The minimum atomic E-state index is -2.40. The van der Waals surface area contributed by atoms with E-state index < -0.39 is 193 Å². The molecule has 1 aromatic rings. The average molecular weight is 1270 g/mol. The number of cyclic esters (lactones) is 1. The lowest BCUT2D eigenvalue weighted by Gasteiger charge is -2.33. The highest BCUT2D eigenvalue weighted by molar-refractivity contribution is 6.00. The quantitative estimate of drug-likeness (QED) is 0.0221. The molecule has 20 N–H and O–H groups in total. The van der Waals surface area contributed by atoms with Crippen LogP contribution in [0.4, 0.5) is 0 Å². The van der Waals surface area contributed by atoms with Gasteiger partial charge in [-0.15, -0.1) is 0 Å². The average Bonchev–Trinajstić information content (AvgIpc) is 1.47. The van der Waals surface area contributed by atoms with Gasteiger partial charge in [0.15, 0.2) is 17.8 Å². The molecule has 90 heavy (non-hydrogen) atoms. The van der Waals surface area contributed by atoms with E-state index in [1.807, 2.05) is 13.8 Å². The van der Waals surface area contributed by atoms with Gasteiger partial charge in [-0.2, -0.15) is 0 Å². The van der Waals surface area contributed by atoms with Crippen LogP contribution in [0.3, 0.4) is 0 Å². The zero-order valence-electron chi connectivity index (χ0n) is 53.5. The number of nitrogens with two attached hydrogens (primary N) is 4. The zero-order valence-corrected chi connectivity index (χ0v) is 53.5. The third-order valence-corrected chi connectivity index (χ3v) is 15.0. The highest BCUT2D eigenvalue weighted by Crippen LogP contribution is 2.27. The summed E-state index contributed by atoms with van der Waals surface area (Å²) in [6.45, 7) is 15.8. The second kappa shape index (κ2) is 38.1. The molecular formula is C60H99N13O17. The normalized spacial score (nSPS) is 24.9. The van der Waals surface area contributed by atoms with Gasteiger partial charge < -0.3 is 90.6 Å². The van der Waals surface area contributed by atoms with Crippen LogP contribution in [0.15, 0.2) is 35.3 Å². The van der Waals surface area contributed by atoms with Crippen molar-refractivity contribution in [2.45, 2.75) is 200 Å². The van der Waals surface area contributed by atoms with Gasteiger partial charge >= 0.3 is 5.97 Å². The van der Waals surface area contributed by atoms with E-state index in [2.05, 4.69) is 47.5 Å². The van der Waals surface area contributed by atoms with Crippen LogP contribution in [0.2, 0.25) is 0 Å². The monoisotopic (exact) mass is 1270 g/mol. The summed E-state index contributed by atoms with van der Waals surface area (Å²) in [5, 5.41) is 64.5. The number of ketones is 2. The number of amides is 9. The Morgan fingerprint density at radius 3 is 1.79 bits per heavy atom. The topological polar surface area (TPSA) is 508 Å². The van der Waals surface area contributed by atoms with E-state index in [0.717, 1.165) is 6.92 Å². The maximum absolute atomic E-state index is 15.4. The van der Waals surface area contributed by atoms with E-state index in [1.165, 1.54) is 38.1 Å². The lowest BCUT2D eigenvalue weighted by molar-refractivity contribution is -0.162. The number of guanidine groups is 1. The Labute approximate surface area is 525 Å². The predicted octanol–water partition coefficient (Wildman–Crippen LogP) is -3.25. The van der Waals surface area contributed by atoms with Gasteiger partial charge in [-0.1, -0.05) is 106 Å². The van der Waals surface area contributed by atoms with Crippen LogP contribution in [0, 0.1) is 41.4 Å². The van der Waals surface area contributed by atoms with Crippen LogP contribution in [-0.4, -0.2) is 183 Å². The first-order valence-corrected chi connectivity index (χ1v) is 30.5. The molecule has 0 bridgehead atoms. The number of carbonyl (C=O) groups excluding carboxylic acids is 12. The Balaban J connectivity index is 3.13. The molecule has 30 heteroatoms. The number of aliphatic hydroxyl groups is 4. The van der Waals surface area contributed by atoms with Gasteiger partial charge in [-0.3, -0.25) is 62.5 Å². The second-order valence-electron chi connectivity index (χ2n) is 24.7. The Bertz CT molecular complexity index is 2640. The van der Waals surface area contributed by atoms with Crippen molar-refractivity contribution >= 4 is 76.7 Å². The van der Waals surface area contributed by atoms with Gasteiger partial charge in [-0.25, -0.2) is 0 Å². The van der Waals surface area contributed by atoms with Crippen molar-refractivity contribution in [2.75, 3.05) is 19.7 Å². The Morgan fingerprint density at radius 2 is 1.26 bits per heavy atom. The van der Waals surface area contributed by atoms with Crippen LogP contribution < -0.4 is 65.5 Å². The number of Topliss-reactive ketones (excluding diaryl/α,β-unsaturated/α-hetero) is 2. The van der Waals surface area contributed by atoms with Crippen molar-refractivity contribution in [3.05, 3.63) is 35.9 Å². The summed E-state index contributed by atoms with van der Waals surface area (Å²) in [7, 11) is 0. The van der Waals surface area contributed by atoms with E-state index in [1.54, 1.807) is 47.6 Å². The second-order valence-corrected chi connectivity index (χ2v) is 24.7. The highest BCUT2D eigenvalue weighted by Gasteiger charge is 2.44. The number of aliphatic imine (C=N–C) groups is 1. The fourth-order valence-corrected chi connectivity index (χ4v) is 9.70. The molecule has 1 heterocycles. The predicted molar refractivity (Wildman–Crippen MR) is 329 cm³/mol. The van der Waals surface area contributed by atoms with Crippen molar-refractivity contribution in [2.24, 2.45) is 69.4 Å². The molecule has 0 unspecified atom stereocenters. The molecule has 506 valence electrons. The summed E-state index contributed by atoms with van der Waals surface area (Å²) in [4.78, 5) is 174. The maximum Gasteiger partial charge on any atom is 0.312 e. The number of nitrogens with one attached hydrogen (secondary N) is 8. The van der Waals surface area contributed by atoms with Gasteiger partial charge in [0.25, 0.3) is 0 Å². The van der Waals surface area contributed by atoms with Crippen LogP contribution in [0.25, 0.3) is 0 Å². The largest absolute Gasteiger partial charge is 0.454 e. The number of primary amides is 1. The first kappa shape index (κ1) is 78.4. The molecule has 15 atom stereocenters. The van der Waals surface area contributed by atoms with E-state index in [0.29, 0.717) is 0 Å². The van der Waals surface area contributed by atoms with Crippen molar-refractivity contribution in [3.8, 4) is 0 Å². The molecule has 0 saturated carbocycles. The highest BCUT2D eigenvalue weighted by atomic mass is 16.5. The zero-order chi connectivity index (χ0) is 68.4. The van der Waals surface area contributed by atoms with Crippen molar-refractivity contribution in [1.29, 1.82) is 0 Å². The molecule has 1 aliphatic heterocycles. The number of rotatable bonds is 23. The molecule has 0 aromatic heterocycles. The van der Waals surface area contributed by atoms with Crippen molar-refractivity contribution in [1.82, 2.24) is 42.5 Å². The van der Waals surface area contributed by atoms with Gasteiger partial charge in [0.05, 0.1) is 43.2 Å². The molecular weight excluding hydrogens is 1170 g/mol. The van der Waals surface area contributed by atoms with Gasteiger partial charge in [0.1, 0.15) is 54.2 Å². The van der Waals surface area contributed by atoms with E-state index in [-0.39, 0.29) is 74.3 Å². The number of ether oxygens (including phenoxy) is 1. The first-order chi connectivity index (χ1) is 42.0. The molecule has 9 amide bonds. The van der Waals surface area contributed by atoms with Crippen molar-refractivity contribution in [3.63, 3.8) is 0 Å². The third-order valence-electron chi connectivity index (χ3n) is 15.0. The lowest BCUT2D eigenvalue weighted by atomic mass is 9.86. The SMILES string of the molecule is CC[C@H](C)[C@@H]1NC(=O)[C@@H](CCCN=C(N)N)NC(=O)[C@H](CC(C)C)NC(=O)[C@H]([C@H](O)C(C)C)NC(=O)[C@@H](NC(=O)[C@H](CC(C)C)NC(=O)[C@H](N)CC(C)C)[C@@H](c2ccccc2)OC(=O)[C@H](CO)CC(=O)[C@H]([C@H](O)C(N)=O)CC(=O)CNC(=O)[C@H]([C@H](C)O)NC1=O. The molecule has 1 aliphatic rings. The van der Waals surface area contributed by atoms with Crippen molar-refractivity contribution < 1.29 is 82.7 Å². The number of nitrogens with zero attached hydrogens (tertiary/aromatic N) is 1. The van der Waals surface area contributed by atoms with Crippen LogP contribution in [-0.2, 0) is 62.3 Å². The molecule has 0 spiro atoms. The fourth-order valence-electron chi connectivity index (χ4n) is 9.70. The standard InChI is InChI=1S/C60H99N13O17/c1-12-32(10)43-56(86)71-44(33(11)75)55(85)66-26-36(76)25-37(48(79)50(62)80)42(77)24-35(27-74)59(89)90-49(34-17-14-13-15-18-34)46(73-54(84)41(23-30(6)7)68-51(81)38(61)21-28(2)3)58(88)72-45(47(78)31(8)9)57(87)69-40(22-29(4)5)53(83)67-39(52(82)70-43)19-16-20-65-60(63)64/h13-15,17-18,28-33,35,37-41,43-49,74-75,78-79H,12,16,19-27,61H2,1-11H3,(H2,62,80)(H,66,85)(H,67,83)(H,68,81)(H,69,87)(H,70,82)(H,71,86)(H,72,88)(H,73,84)(H4,63,64,65)/t32-,33-,35-,37+,38+,39+,40-,41-,43-,44-,45-,46-,47+,48-,49+/m0/s1. The third kappa shape index (κ3) is 25.7.